The van der Waals surface area contributed by atoms with Crippen LogP contribution in [0, 0.1) is 6.92 Å². The molecule has 1 unspecified atom stereocenters. The molecule has 3 rings (SSSR count). The second-order valence-corrected chi connectivity index (χ2v) is 6.08. The molecule has 2 aromatic rings. The topological polar surface area (TPSA) is 68.5 Å². The number of hydrogen-bond acceptors (Lipinski definition) is 5. The van der Waals surface area contributed by atoms with E-state index in [0.29, 0.717) is 6.04 Å². The molecular weight excluding hydrogens is 276 g/mol. The number of nitrogens with one attached hydrogen (secondary N) is 1. The first kappa shape index (κ1) is 15.1. The number of fused-ring (bicyclic) bond motifs is 1. The van der Waals surface area contributed by atoms with Gasteiger partial charge in [-0.25, -0.2) is 15.0 Å². The Bertz CT molecular complexity index is 607. The minimum Gasteiger partial charge on any atom is -0.312 e. The molecule has 0 aliphatic heterocycles. The Labute approximate surface area is 131 Å². The molecule has 1 aliphatic carbocycles. The first-order chi connectivity index (χ1) is 10.7. The van der Waals surface area contributed by atoms with Gasteiger partial charge in [0.15, 0.2) is 0 Å². The summed E-state index contributed by atoms with van der Waals surface area (Å²) in [6.45, 7) is 5.98. The average Bonchev–Trinajstić information content (AvgIpc) is 3.00. The summed E-state index contributed by atoms with van der Waals surface area (Å²) in [7, 11) is 0. The number of hydrogen-bond donors (Lipinski definition) is 1. The lowest BCUT2D eigenvalue weighted by atomic mass is 9.95. The standard InChI is InChI=1S/C16H24N6/c1-12(9-22-11-17-10-19-22)18-8-7-16-20-13(2)14-5-3-4-6-15(14)21-16/h10-12,18H,3-9H2,1-2H3. The smallest absolute Gasteiger partial charge is 0.137 e. The van der Waals surface area contributed by atoms with Crippen LogP contribution in [0.4, 0.5) is 0 Å². The lowest BCUT2D eigenvalue weighted by molar-refractivity contribution is 0.451. The van der Waals surface area contributed by atoms with E-state index in [1.165, 1.54) is 29.8 Å². The Balaban J connectivity index is 1.52. The SMILES string of the molecule is Cc1nc(CCNC(C)Cn2cncn2)nc2c1CCCC2. The number of rotatable bonds is 6. The van der Waals surface area contributed by atoms with Gasteiger partial charge in [-0.1, -0.05) is 0 Å². The number of aromatic nitrogens is 5. The Kier molecular flexibility index (Phi) is 4.77. The van der Waals surface area contributed by atoms with Crippen LogP contribution in [0.25, 0.3) is 0 Å². The minimum atomic E-state index is 0.348. The third-order valence-electron chi connectivity index (χ3n) is 4.21. The summed E-state index contributed by atoms with van der Waals surface area (Å²) in [4.78, 5) is 13.4. The summed E-state index contributed by atoms with van der Waals surface area (Å²) in [6.07, 6.45) is 8.98. The highest BCUT2D eigenvalue weighted by Crippen LogP contribution is 2.21. The quantitative estimate of drug-likeness (QED) is 0.875. The largest absolute Gasteiger partial charge is 0.312 e. The molecule has 22 heavy (non-hydrogen) atoms. The van der Waals surface area contributed by atoms with Crippen LogP contribution < -0.4 is 5.32 Å². The third kappa shape index (κ3) is 3.68. The van der Waals surface area contributed by atoms with E-state index in [-0.39, 0.29) is 0 Å². The molecule has 1 aliphatic rings. The highest BCUT2D eigenvalue weighted by Gasteiger charge is 2.15. The van der Waals surface area contributed by atoms with Gasteiger partial charge in [-0.15, -0.1) is 0 Å². The first-order valence-corrected chi connectivity index (χ1v) is 8.13. The van der Waals surface area contributed by atoms with Crippen molar-refractivity contribution in [2.24, 2.45) is 0 Å². The lowest BCUT2D eigenvalue weighted by Gasteiger charge is -2.18. The van der Waals surface area contributed by atoms with Gasteiger partial charge in [0.05, 0.1) is 6.54 Å². The molecule has 6 heteroatoms. The summed E-state index contributed by atoms with van der Waals surface area (Å²) in [5.74, 6) is 0.971. The summed E-state index contributed by atoms with van der Waals surface area (Å²) in [6, 6.07) is 0.348. The van der Waals surface area contributed by atoms with Crippen LogP contribution in [0.1, 0.15) is 42.5 Å². The van der Waals surface area contributed by atoms with Gasteiger partial charge in [0.25, 0.3) is 0 Å². The van der Waals surface area contributed by atoms with Crippen LogP contribution in [0.15, 0.2) is 12.7 Å². The lowest BCUT2D eigenvalue weighted by Crippen LogP contribution is -2.32. The Hall–Kier alpha value is -1.82. The molecule has 0 bridgehead atoms. The summed E-state index contributed by atoms with van der Waals surface area (Å²) in [5.41, 5.74) is 3.85. The molecule has 0 saturated carbocycles. The number of aryl methyl sites for hydroxylation is 2. The second kappa shape index (κ2) is 6.96. The van der Waals surface area contributed by atoms with E-state index >= 15 is 0 Å². The fourth-order valence-electron chi connectivity index (χ4n) is 3.06. The predicted molar refractivity (Wildman–Crippen MR) is 84.6 cm³/mol. The van der Waals surface area contributed by atoms with Gasteiger partial charge in [-0.3, -0.25) is 4.68 Å². The molecule has 1 atom stereocenters. The first-order valence-electron chi connectivity index (χ1n) is 8.13. The van der Waals surface area contributed by atoms with Crippen molar-refractivity contribution in [3.63, 3.8) is 0 Å². The van der Waals surface area contributed by atoms with E-state index in [1.54, 1.807) is 12.7 Å². The maximum absolute atomic E-state index is 4.77. The van der Waals surface area contributed by atoms with E-state index in [0.717, 1.165) is 38.2 Å². The molecule has 1 N–H and O–H groups in total. The zero-order valence-electron chi connectivity index (χ0n) is 13.4. The van der Waals surface area contributed by atoms with Crippen LogP contribution in [0.3, 0.4) is 0 Å². The summed E-state index contributed by atoms with van der Waals surface area (Å²) in [5, 5.41) is 7.62. The van der Waals surface area contributed by atoms with Crippen molar-refractivity contribution in [1.82, 2.24) is 30.0 Å². The monoisotopic (exact) mass is 300 g/mol. The van der Waals surface area contributed by atoms with Gasteiger partial charge in [0.1, 0.15) is 18.5 Å². The highest BCUT2D eigenvalue weighted by atomic mass is 15.3. The van der Waals surface area contributed by atoms with Crippen molar-refractivity contribution in [2.45, 2.75) is 58.5 Å². The van der Waals surface area contributed by atoms with Crippen molar-refractivity contribution in [2.75, 3.05) is 6.54 Å². The fourth-order valence-corrected chi connectivity index (χ4v) is 3.06. The van der Waals surface area contributed by atoms with E-state index in [9.17, 15) is 0 Å². The minimum absolute atomic E-state index is 0.348. The van der Waals surface area contributed by atoms with Gasteiger partial charge in [-0.05, 0) is 45.1 Å². The van der Waals surface area contributed by atoms with Gasteiger partial charge in [0, 0.05) is 30.4 Å². The van der Waals surface area contributed by atoms with Crippen LogP contribution in [0.5, 0.6) is 0 Å². The molecule has 2 aromatic heterocycles. The van der Waals surface area contributed by atoms with Crippen molar-refractivity contribution >= 4 is 0 Å². The second-order valence-electron chi connectivity index (χ2n) is 6.08. The van der Waals surface area contributed by atoms with Gasteiger partial charge < -0.3 is 5.32 Å². The molecule has 0 amide bonds. The third-order valence-corrected chi connectivity index (χ3v) is 4.21. The number of nitrogens with zero attached hydrogens (tertiary/aromatic N) is 5. The van der Waals surface area contributed by atoms with E-state index < -0.39 is 0 Å². The van der Waals surface area contributed by atoms with Crippen LogP contribution in [0.2, 0.25) is 0 Å². The molecular formula is C16H24N6. The van der Waals surface area contributed by atoms with Gasteiger partial charge >= 0.3 is 0 Å². The molecule has 118 valence electrons. The van der Waals surface area contributed by atoms with Gasteiger partial charge in [-0.2, -0.15) is 5.10 Å². The fraction of sp³-hybridized carbons (Fsp3) is 0.625. The van der Waals surface area contributed by atoms with E-state index in [2.05, 4.69) is 34.2 Å². The van der Waals surface area contributed by atoms with Crippen molar-refractivity contribution in [3.8, 4) is 0 Å². The maximum Gasteiger partial charge on any atom is 0.137 e. The zero-order valence-corrected chi connectivity index (χ0v) is 13.4. The van der Waals surface area contributed by atoms with Crippen molar-refractivity contribution < 1.29 is 0 Å². The predicted octanol–water partition coefficient (Wildman–Crippen LogP) is 1.48. The Morgan fingerprint density at radius 3 is 2.95 bits per heavy atom. The Morgan fingerprint density at radius 1 is 1.27 bits per heavy atom. The molecule has 2 heterocycles. The molecule has 0 aromatic carbocycles. The summed E-state index contributed by atoms with van der Waals surface area (Å²) >= 11 is 0. The van der Waals surface area contributed by atoms with Crippen LogP contribution in [-0.4, -0.2) is 37.3 Å². The Morgan fingerprint density at radius 2 is 2.14 bits per heavy atom. The van der Waals surface area contributed by atoms with Crippen molar-refractivity contribution in [3.05, 3.63) is 35.4 Å². The maximum atomic E-state index is 4.77. The normalized spacial score (nSPS) is 15.5. The molecule has 0 saturated heterocycles. The van der Waals surface area contributed by atoms with Crippen LogP contribution >= 0.6 is 0 Å². The molecule has 0 fully saturated rings. The van der Waals surface area contributed by atoms with Crippen molar-refractivity contribution in [1.29, 1.82) is 0 Å². The highest BCUT2D eigenvalue weighted by molar-refractivity contribution is 5.27. The van der Waals surface area contributed by atoms with Crippen LogP contribution in [-0.2, 0) is 25.8 Å². The molecule has 6 nitrogen and oxygen atoms in total. The summed E-state index contributed by atoms with van der Waals surface area (Å²) < 4.78 is 1.84. The average molecular weight is 300 g/mol. The van der Waals surface area contributed by atoms with E-state index in [4.69, 9.17) is 4.98 Å². The molecule has 0 radical (unpaired) electrons. The zero-order chi connectivity index (χ0) is 15.4. The van der Waals surface area contributed by atoms with E-state index in [1.807, 2.05) is 4.68 Å². The van der Waals surface area contributed by atoms with Gasteiger partial charge in [0.2, 0.25) is 0 Å². The molecule has 0 spiro atoms.